The van der Waals surface area contributed by atoms with Gasteiger partial charge < -0.3 is 10.4 Å². The Bertz CT molecular complexity index is 600. The Morgan fingerprint density at radius 2 is 2.11 bits per heavy atom. The molecule has 0 bridgehead atoms. The molecule has 2 aromatic rings. The summed E-state index contributed by atoms with van der Waals surface area (Å²) in [4.78, 5) is 16.0. The van der Waals surface area contributed by atoms with E-state index in [-0.39, 0.29) is 5.91 Å². The van der Waals surface area contributed by atoms with E-state index < -0.39 is 6.10 Å². The first-order valence-corrected chi connectivity index (χ1v) is 6.56. The van der Waals surface area contributed by atoms with Crippen LogP contribution in [-0.4, -0.2) is 16.0 Å². The highest BCUT2D eigenvalue weighted by Crippen LogP contribution is 2.23. The number of hydrogen-bond donors (Lipinski definition) is 2. The summed E-state index contributed by atoms with van der Waals surface area (Å²) in [5.74, 6) is -0.262. The van der Waals surface area contributed by atoms with Gasteiger partial charge in [0.2, 0.25) is 0 Å². The van der Waals surface area contributed by atoms with Gasteiger partial charge in [0.25, 0.3) is 5.91 Å². The summed E-state index contributed by atoms with van der Waals surface area (Å²) in [6.45, 7) is 1.66. The number of benzene rings is 1. The van der Waals surface area contributed by atoms with E-state index >= 15 is 0 Å². The third-order valence-corrected chi connectivity index (χ3v) is 3.06. The van der Waals surface area contributed by atoms with Gasteiger partial charge in [-0.05, 0) is 35.0 Å². The third-order valence-electron chi connectivity index (χ3n) is 2.63. The smallest absolute Gasteiger partial charge is 0.257 e. The van der Waals surface area contributed by atoms with Crippen LogP contribution in [0.1, 0.15) is 28.9 Å². The number of hydrogen-bond acceptors (Lipinski definition) is 3. The standard InChI is InChI=1S/C14H13BrN2O2/c1-9(18)12-4-2-3-5-13(12)17-14(19)10-6-11(15)8-16-7-10/h2-9,18H,1H3,(H,17,19). The number of aliphatic hydroxyl groups excluding tert-OH is 1. The number of rotatable bonds is 3. The highest BCUT2D eigenvalue weighted by molar-refractivity contribution is 9.10. The average Bonchev–Trinajstić information content (AvgIpc) is 2.39. The first-order chi connectivity index (χ1) is 9.08. The van der Waals surface area contributed by atoms with E-state index in [1.165, 1.54) is 6.20 Å². The monoisotopic (exact) mass is 320 g/mol. The molecule has 2 rings (SSSR count). The molecule has 1 heterocycles. The van der Waals surface area contributed by atoms with E-state index in [2.05, 4.69) is 26.2 Å². The van der Waals surface area contributed by atoms with E-state index in [4.69, 9.17) is 0 Å². The van der Waals surface area contributed by atoms with Gasteiger partial charge in [0.1, 0.15) is 0 Å². The van der Waals surface area contributed by atoms with Crippen molar-refractivity contribution in [2.75, 3.05) is 5.32 Å². The normalized spacial score (nSPS) is 11.9. The maximum atomic E-state index is 12.1. The van der Waals surface area contributed by atoms with Crippen LogP contribution in [0.25, 0.3) is 0 Å². The molecular weight excluding hydrogens is 308 g/mol. The topological polar surface area (TPSA) is 62.2 Å². The molecule has 2 N–H and O–H groups in total. The lowest BCUT2D eigenvalue weighted by Gasteiger charge is -2.12. The van der Waals surface area contributed by atoms with Gasteiger partial charge in [-0.2, -0.15) is 0 Å². The molecule has 98 valence electrons. The number of halogens is 1. The van der Waals surface area contributed by atoms with Gasteiger partial charge in [-0.25, -0.2) is 0 Å². The van der Waals surface area contributed by atoms with Gasteiger partial charge in [0.15, 0.2) is 0 Å². The van der Waals surface area contributed by atoms with Crippen molar-refractivity contribution in [2.45, 2.75) is 13.0 Å². The molecule has 1 atom stereocenters. The number of aromatic nitrogens is 1. The molecule has 0 aliphatic heterocycles. The fraction of sp³-hybridized carbons (Fsp3) is 0.143. The van der Waals surface area contributed by atoms with Crippen LogP contribution in [0.3, 0.4) is 0 Å². The summed E-state index contributed by atoms with van der Waals surface area (Å²) < 4.78 is 0.740. The number of nitrogens with zero attached hydrogens (tertiary/aromatic N) is 1. The number of aliphatic hydroxyl groups is 1. The molecule has 0 fully saturated rings. The molecule has 0 saturated carbocycles. The molecule has 0 aliphatic rings. The van der Waals surface area contributed by atoms with E-state index in [9.17, 15) is 9.90 Å². The fourth-order valence-corrected chi connectivity index (χ4v) is 2.07. The Balaban J connectivity index is 2.24. The van der Waals surface area contributed by atoms with Crippen molar-refractivity contribution in [1.29, 1.82) is 0 Å². The number of pyridine rings is 1. The summed E-state index contributed by atoms with van der Waals surface area (Å²) in [5, 5.41) is 12.4. The van der Waals surface area contributed by atoms with Crippen LogP contribution >= 0.6 is 15.9 Å². The Morgan fingerprint density at radius 1 is 1.37 bits per heavy atom. The average molecular weight is 321 g/mol. The van der Waals surface area contributed by atoms with Crippen molar-refractivity contribution in [1.82, 2.24) is 4.98 Å². The van der Waals surface area contributed by atoms with Crippen LogP contribution in [-0.2, 0) is 0 Å². The Kier molecular flexibility index (Phi) is 4.29. The Labute approximate surface area is 119 Å². The summed E-state index contributed by atoms with van der Waals surface area (Å²) in [5.41, 5.74) is 1.73. The second-order valence-electron chi connectivity index (χ2n) is 4.11. The molecule has 1 aromatic heterocycles. The molecule has 1 unspecified atom stereocenters. The molecule has 0 radical (unpaired) electrons. The minimum absolute atomic E-state index is 0.262. The number of nitrogens with one attached hydrogen (secondary N) is 1. The summed E-state index contributed by atoms with van der Waals surface area (Å²) in [7, 11) is 0. The maximum absolute atomic E-state index is 12.1. The Morgan fingerprint density at radius 3 is 2.79 bits per heavy atom. The number of anilines is 1. The van der Waals surface area contributed by atoms with Crippen LogP contribution < -0.4 is 5.32 Å². The van der Waals surface area contributed by atoms with Gasteiger partial charge >= 0.3 is 0 Å². The van der Waals surface area contributed by atoms with E-state index in [0.29, 0.717) is 16.8 Å². The minimum Gasteiger partial charge on any atom is -0.389 e. The third kappa shape index (κ3) is 3.39. The van der Waals surface area contributed by atoms with Crippen molar-refractivity contribution >= 4 is 27.5 Å². The predicted octanol–water partition coefficient (Wildman–Crippen LogP) is 3.15. The van der Waals surface area contributed by atoms with Gasteiger partial charge in [-0.1, -0.05) is 18.2 Å². The highest BCUT2D eigenvalue weighted by atomic mass is 79.9. The van der Waals surface area contributed by atoms with Gasteiger partial charge in [-0.15, -0.1) is 0 Å². The summed E-state index contributed by atoms with van der Waals surface area (Å²) in [6, 6.07) is 8.84. The molecule has 4 nitrogen and oxygen atoms in total. The van der Waals surface area contributed by atoms with Gasteiger partial charge in [-0.3, -0.25) is 9.78 Å². The second kappa shape index (κ2) is 5.95. The van der Waals surface area contributed by atoms with Crippen molar-refractivity contribution < 1.29 is 9.90 Å². The van der Waals surface area contributed by atoms with Crippen molar-refractivity contribution in [3.05, 3.63) is 58.3 Å². The lowest BCUT2D eigenvalue weighted by atomic mass is 10.1. The minimum atomic E-state index is -0.642. The molecule has 5 heteroatoms. The van der Waals surface area contributed by atoms with Crippen molar-refractivity contribution in [3.63, 3.8) is 0 Å². The van der Waals surface area contributed by atoms with Crippen LogP contribution in [0.15, 0.2) is 47.2 Å². The largest absolute Gasteiger partial charge is 0.389 e. The van der Waals surface area contributed by atoms with Gasteiger partial charge in [0, 0.05) is 28.1 Å². The molecule has 1 amide bonds. The molecule has 0 aliphatic carbocycles. The van der Waals surface area contributed by atoms with Crippen LogP contribution in [0.5, 0.6) is 0 Å². The molecule has 1 aromatic carbocycles. The lowest BCUT2D eigenvalue weighted by molar-refractivity contribution is 0.102. The summed E-state index contributed by atoms with van der Waals surface area (Å²) in [6.07, 6.45) is 2.46. The zero-order valence-electron chi connectivity index (χ0n) is 10.3. The van der Waals surface area contributed by atoms with Crippen molar-refractivity contribution in [3.8, 4) is 0 Å². The van der Waals surface area contributed by atoms with Crippen LogP contribution in [0.4, 0.5) is 5.69 Å². The first-order valence-electron chi connectivity index (χ1n) is 5.77. The molecule has 0 spiro atoms. The molecule has 19 heavy (non-hydrogen) atoms. The van der Waals surface area contributed by atoms with E-state index in [0.717, 1.165) is 4.47 Å². The van der Waals surface area contributed by atoms with E-state index in [1.807, 2.05) is 6.07 Å². The number of para-hydroxylation sites is 1. The SMILES string of the molecule is CC(O)c1ccccc1NC(=O)c1cncc(Br)c1. The van der Waals surface area contributed by atoms with Gasteiger partial charge in [0.05, 0.1) is 11.7 Å². The first kappa shape index (κ1) is 13.7. The van der Waals surface area contributed by atoms with E-state index in [1.54, 1.807) is 37.4 Å². The maximum Gasteiger partial charge on any atom is 0.257 e. The number of carbonyl (C=O) groups excluding carboxylic acids is 1. The predicted molar refractivity (Wildman–Crippen MR) is 77.0 cm³/mol. The number of amides is 1. The van der Waals surface area contributed by atoms with Crippen LogP contribution in [0.2, 0.25) is 0 Å². The van der Waals surface area contributed by atoms with Crippen LogP contribution in [0, 0.1) is 0 Å². The Hall–Kier alpha value is -1.72. The fourth-order valence-electron chi connectivity index (χ4n) is 1.71. The summed E-state index contributed by atoms with van der Waals surface area (Å²) >= 11 is 3.27. The quantitative estimate of drug-likeness (QED) is 0.913. The molecule has 0 saturated heterocycles. The molecular formula is C14H13BrN2O2. The second-order valence-corrected chi connectivity index (χ2v) is 5.02. The highest BCUT2D eigenvalue weighted by Gasteiger charge is 2.11. The zero-order chi connectivity index (χ0) is 13.8. The zero-order valence-corrected chi connectivity index (χ0v) is 11.9. The van der Waals surface area contributed by atoms with Crippen molar-refractivity contribution in [2.24, 2.45) is 0 Å². The lowest BCUT2D eigenvalue weighted by Crippen LogP contribution is -2.14. The number of carbonyl (C=O) groups is 1.